The molecule has 22 rings (SSSR count). The Labute approximate surface area is 788 Å². The number of benzene rings is 22. The third-order valence-electron chi connectivity index (χ3n) is 23.9. The second kappa shape index (κ2) is 38.4. The van der Waals surface area contributed by atoms with Gasteiger partial charge in [0.25, 0.3) is 0 Å². The van der Waals surface area contributed by atoms with E-state index >= 15 is 0 Å². The van der Waals surface area contributed by atoms with E-state index in [-0.39, 0.29) is 23.1 Å². The fourth-order valence-electron chi connectivity index (χ4n) is 17.9. The topological polar surface area (TPSA) is 68.3 Å². The smallest absolute Gasteiger partial charge is 0.193 e. The number of ketones is 4. The van der Waals surface area contributed by atoms with Gasteiger partial charge in [-0.15, -0.1) is 0 Å². The van der Waals surface area contributed by atoms with Gasteiger partial charge in [-0.05, 0) is 238 Å². The lowest BCUT2D eigenvalue weighted by Crippen LogP contribution is -2.01. The normalized spacial score (nSPS) is 11.0. The summed E-state index contributed by atoms with van der Waals surface area (Å²) in [5, 5.41) is 16.7. The molecule has 0 aliphatic heterocycles. The van der Waals surface area contributed by atoms with Crippen LogP contribution in [-0.2, 0) is 0 Å². The molecule has 4 nitrogen and oxygen atoms in total. The predicted octanol–water partition coefficient (Wildman–Crippen LogP) is 34.5. The third-order valence-corrected chi connectivity index (χ3v) is 25.9. The molecular formula is C122H78Br4O4. The van der Waals surface area contributed by atoms with Crippen LogP contribution in [-0.4, -0.2) is 23.1 Å². The first-order valence-corrected chi connectivity index (χ1v) is 46.1. The molecule has 0 unspecified atom stereocenters. The van der Waals surface area contributed by atoms with Gasteiger partial charge in [-0.25, -0.2) is 0 Å². The van der Waals surface area contributed by atoms with E-state index in [0.717, 1.165) is 62.0 Å². The van der Waals surface area contributed by atoms with Crippen LogP contribution in [0.3, 0.4) is 0 Å². The van der Waals surface area contributed by atoms with E-state index in [9.17, 15) is 19.2 Å². The number of rotatable bonds is 15. The van der Waals surface area contributed by atoms with E-state index < -0.39 is 0 Å². The Bertz CT molecular complexity index is 7920. The standard InChI is InChI=1S/3C33H21BrO.C23H15BrO/c34-26-18-15-24(16-19-26)33(35)25-17-20-29-30(21-25)32(23-11-5-2-6-12-23)28-14-8-7-13-27(28)31(29)22-9-3-1-4-10-22;34-26-15-9-14-25(21-26)33(35)24-13-8-12-23(20-24)32-29-18-6-4-16-27(29)31(22-10-2-1-3-11-22)28-17-5-7-19-30(28)32;34-26-20-18-25(19-21-26)33(35)24-16-14-23(15-17-24)32-29-12-6-4-10-27(29)31(22-8-2-1-3-9-22)28-11-5-7-13-30(28)32;24-20-8-3-7-19(15-20)23(25)18-13-11-17(12-14-18)22-10-4-6-16-5-1-2-9-21(16)22/h3*1-21H;1-15H. The van der Waals surface area contributed by atoms with Crippen molar-refractivity contribution in [2.75, 3.05) is 0 Å². The highest BCUT2D eigenvalue weighted by molar-refractivity contribution is 9.11. The SMILES string of the molecule is O=C(c1ccc(-c2cccc3ccccc23)cc1)c1cccc(Br)c1.O=C(c1ccc(Br)cc1)c1ccc(-c2c3ccccc3c(-c3ccccc3)c3ccccc23)cc1.O=C(c1ccc(Br)cc1)c1ccc2c(-c3ccccc3)c3ccccc3c(-c3ccccc3)c2c1.O=C(c1cccc(Br)c1)c1cccc(-c2c3ccccc3c(-c3ccccc3)c3ccccc23)c1. The van der Waals surface area contributed by atoms with Crippen molar-refractivity contribution in [3.63, 3.8) is 0 Å². The molecule has 0 heterocycles. The molecule has 22 aromatic rings. The van der Waals surface area contributed by atoms with E-state index in [1.807, 2.05) is 176 Å². The van der Waals surface area contributed by atoms with Crippen molar-refractivity contribution >= 4 is 162 Å². The van der Waals surface area contributed by atoms with Crippen LogP contribution in [0.1, 0.15) is 63.7 Å². The van der Waals surface area contributed by atoms with Crippen LogP contribution in [0.25, 0.3) is 153 Å². The van der Waals surface area contributed by atoms with Crippen molar-refractivity contribution in [1.29, 1.82) is 0 Å². The van der Waals surface area contributed by atoms with Gasteiger partial charge in [0, 0.05) is 62.4 Å². The zero-order valence-corrected chi connectivity index (χ0v) is 76.5. The quantitative estimate of drug-likeness (QED) is 0.0758. The zero-order chi connectivity index (χ0) is 88.6. The second-order valence-electron chi connectivity index (χ2n) is 31.8. The monoisotopic (exact) mass is 1920 g/mol. The summed E-state index contributed by atoms with van der Waals surface area (Å²) in [4.78, 5) is 52.4. The predicted molar refractivity (Wildman–Crippen MR) is 557 cm³/mol. The number of carbonyl (C=O) groups is 4. The summed E-state index contributed by atoms with van der Waals surface area (Å²) in [6.07, 6.45) is 0. The Morgan fingerprint density at radius 3 is 0.731 bits per heavy atom. The van der Waals surface area contributed by atoms with Crippen molar-refractivity contribution in [1.82, 2.24) is 0 Å². The van der Waals surface area contributed by atoms with E-state index in [1.54, 1.807) is 0 Å². The lowest BCUT2D eigenvalue weighted by molar-refractivity contribution is 0.103. The van der Waals surface area contributed by atoms with Gasteiger partial charge in [0.2, 0.25) is 0 Å². The van der Waals surface area contributed by atoms with Gasteiger partial charge >= 0.3 is 0 Å². The fourth-order valence-corrected chi connectivity index (χ4v) is 19.2. The average molecular weight is 1930 g/mol. The third kappa shape index (κ3) is 17.7. The van der Waals surface area contributed by atoms with Gasteiger partial charge in [0.05, 0.1) is 0 Å². The molecule has 0 fully saturated rings. The number of fused-ring (bicyclic) bond motifs is 7. The second-order valence-corrected chi connectivity index (χ2v) is 35.5. The van der Waals surface area contributed by atoms with Crippen LogP contribution < -0.4 is 0 Å². The molecule has 0 aliphatic carbocycles. The van der Waals surface area contributed by atoms with Crippen LogP contribution in [0.2, 0.25) is 0 Å². The summed E-state index contributed by atoms with van der Waals surface area (Å²) in [7, 11) is 0. The lowest BCUT2D eigenvalue weighted by Gasteiger charge is -2.18. The van der Waals surface area contributed by atoms with Crippen LogP contribution in [0.15, 0.2) is 491 Å². The van der Waals surface area contributed by atoms with Crippen molar-refractivity contribution in [3.8, 4) is 77.9 Å². The molecule has 0 spiro atoms. The van der Waals surface area contributed by atoms with Gasteiger partial charge < -0.3 is 0 Å². The van der Waals surface area contributed by atoms with Gasteiger partial charge in [0.15, 0.2) is 23.1 Å². The summed E-state index contributed by atoms with van der Waals surface area (Å²) in [5.74, 6) is 0.0967. The molecule has 22 aromatic carbocycles. The summed E-state index contributed by atoms with van der Waals surface area (Å²) in [6, 6.07) is 160. The highest BCUT2D eigenvalue weighted by atomic mass is 79.9. The van der Waals surface area contributed by atoms with E-state index in [1.165, 1.54) is 109 Å². The molecule has 0 saturated carbocycles. The number of halogens is 4. The van der Waals surface area contributed by atoms with Crippen LogP contribution in [0, 0.1) is 0 Å². The maximum absolute atomic E-state index is 13.5. The van der Waals surface area contributed by atoms with Crippen LogP contribution >= 0.6 is 63.7 Å². The minimum absolute atomic E-state index is 0.0164. The minimum atomic E-state index is 0.0164. The van der Waals surface area contributed by atoms with E-state index in [0.29, 0.717) is 44.5 Å². The minimum Gasteiger partial charge on any atom is -0.289 e. The van der Waals surface area contributed by atoms with E-state index in [4.69, 9.17) is 0 Å². The summed E-state index contributed by atoms with van der Waals surface area (Å²) in [5.41, 5.74) is 21.8. The molecule has 0 aromatic heterocycles. The van der Waals surface area contributed by atoms with Gasteiger partial charge in [-0.2, -0.15) is 0 Å². The average Bonchev–Trinajstić information content (AvgIpc) is 0.740. The van der Waals surface area contributed by atoms with Crippen molar-refractivity contribution < 1.29 is 19.2 Å². The molecule has 0 radical (unpaired) electrons. The number of carbonyl (C=O) groups excluding carboxylic acids is 4. The number of hydrogen-bond acceptors (Lipinski definition) is 4. The summed E-state index contributed by atoms with van der Waals surface area (Å²) in [6.45, 7) is 0. The Balaban J connectivity index is 0.000000113. The molecule has 0 aliphatic rings. The van der Waals surface area contributed by atoms with Gasteiger partial charge in [-0.3, -0.25) is 19.2 Å². The first-order valence-electron chi connectivity index (χ1n) is 42.9. The fraction of sp³-hybridized carbons (Fsp3) is 0. The Morgan fingerprint density at radius 2 is 0.369 bits per heavy atom. The summed E-state index contributed by atoms with van der Waals surface area (Å²) >= 11 is 13.8. The highest BCUT2D eigenvalue weighted by Crippen LogP contribution is 2.48. The maximum atomic E-state index is 13.5. The number of hydrogen-bond donors (Lipinski definition) is 0. The van der Waals surface area contributed by atoms with Gasteiger partial charge in [0.1, 0.15) is 0 Å². The van der Waals surface area contributed by atoms with E-state index in [2.05, 4.69) is 361 Å². The Hall–Kier alpha value is -14.7. The largest absolute Gasteiger partial charge is 0.289 e. The first kappa shape index (κ1) is 84.7. The maximum Gasteiger partial charge on any atom is 0.193 e. The Kier molecular flexibility index (Phi) is 25.1. The molecule has 0 saturated heterocycles. The molecule has 0 bridgehead atoms. The summed E-state index contributed by atoms with van der Waals surface area (Å²) < 4.78 is 3.72. The van der Waals surface area contributed by atoms with Crippen molar-refractivity contribution in [2.24, 2.45) is 0 Å². The highest BCUT2D eigenvalue weighted by Gasteiger charge is 2.24. The first-order chi connectivity index (χ1) is 63.8. The van der Waals surface area contributed by atoms with Crippen molar-refractivity contribution in [2.45, 2.75) is 0 Å². The van der Waals surface area contributed by atoms with Crippen LogP contribution in [0.5, 0.6) is 0 Å². The zero-order valence-electron chi connectivity index (χ0n) is 70.2. The lowest BCUT2D eigenvalue weighted by atomic mass is 9.85. The molecule has 0 atom stereocenters. The molecular weight excluding hydrogens is 1850 g/mol. The Morgan fingerprint density at radius 1 is 0.138 bits per heavy atom. The molecule has 0 N–H and O–H groups in total. The molecule has 130 heavy (non-hydrogen) atoms. The van der Waals surface area contributed by atoms with Crippen molar-refractivity contribution in [3.05, 3.63) is 536 Å². The molecule has 0 amide bonds. The van der Waals surface area contributed by atoms with Crippen LogP contribution in [0.4, 0.5) is 0 Å². The molecule has 8 heteroatoms. The molecule has 618 valence electrons. The van der Waals surface area contributed by atoms with Gasteiger partial charge in [-0.1, -0.05) is 452 Å².